The molecule has 5 rings (SSSR count). The summed E-state index contributed by atoms with van der Waals surface area (Å²) in [5.41, 5.74) is 3.20. The predicted octanol–water partition coefficient (Wildman–Crippen LogP) is 3.13. The highest BCUT2D eigenvalue weighted by molar-refractivity contribution is 6.05. The zero-order valence-electron chi connectivity index (χ0n) is 17.9. The summed E-state index contributed by atoms with van der Waals surface area (Å²) in [6.07, 6.45) is 1.47. The number of aromatic nitrogens is 2. The van der Waals surface area contributed by atoms with Gasteiger partial charge >= 0.3 is 12.1 Å². The second-order valence-electron chi connectivity index (χ2n) is 8.36. The van der Waals surface area contributed by atoms with Crippen molar-refractivity contribution in [2.24, 2.45) is 7.05 Å². The largest absolute Gasteiger partial charge is 0.477 e. The number of fused-ring (bicyclic) bond motifs is 3. The highest BCUT2D eigenvalue weighted by Crippen LogP contribution is 2.44. The van der Waals surface area contributed by atoms with Crippen molar-refractivity contribution < 1.29 is 24.2 Å². The normalized spacial score (nSPS) is 15.3. The zero-order valence-corrected chi connectivity index (χ0v) is 17.9. The molecule has 0 unspecified atom stereocenters. The van der Waals surface area contributed by atoms with Crippen molar-refractivity contribution in [3.8, 4) is 11.1 Å². The number of carboxylic acids is 1. The van der Waals surface area contributed by atoms with Crippen LogP contribution in [0.25, 0.3) is 11.1 Å². The number of nitrogens with zero attached hydrogens (tertiary/aromatic N) is 2. The minimum Gasteiger partial charge on any atom is -0.477 e. The van der Waals surface area contributed by atoms with Gasteiger partial charge in [0.25, 0.3) is 5.91 Å². The van der Waals surface area contributed by atoms with Gasteiger partial charge < -0.3 is 20.5 Å². The van der Waals surface area contributed by atoms with Gasteiger partial charge in [0.15, 0.2) is 5.82 Å². The molecule has 0 aliphatic heterocycles. The monoisotopic (exact) mass is 446 g/mol. The Bertz CT molecular complexity index is 1230. The third-order valence-corrected chi connectivity index (χ3v) is 6.16. The highest BCUT2D eigenvalue weighted by atomic mass is 16.5. The van der Waals surface area contributed by atoms with E-state index >= 15 is 0 Å². The minimum absolute atomic E-state index is 0.0596. The number of benzene rings is 2. The average molecular weight is 446 g/mol. The van der Waals surface area contributed by atoms with E-state index in [-0.39, 0.29) is 23.9 Å². The molecule has 2 aliphatic carbocycles. The summed E-state index contributed by atoms with van der Waals surface area (Å²) in [4.78, 5) is 36.7. The Labute approximate surface area is 189 Å². The number of ether oxygens (including phenoxy) is 1. The van der Waals surface area contributed by atoms with Crippen LogP contribution in [0, 0.1) is 0 Å². The summed E-state index contributed by atoms with van der Waals surface area (Å²) < 4.78 is 6.84. The molecular weight excluding hydrogens is 424 g/mol. The van der Waals surface area contributed by atoms with Crippen molar-refractivity contribution in [3.05, 3.63) is 71.4 Å². The average Bonchev–Trinajstić information content (AvgIpc) is 3.38. The quantitative estimate of drug-likeness (QED) is 0.535. The number of alkyl carbamates (subject to hydrolysis) is 1. The third kappa shape index (κ3) is 3.71. The maximum Gasteiger partial charge on any atom is 0.408 e. The van der Waals surface area contributed by atoms with E-state index in [4.69, 9.17) is 4.74 Å². The molecule has 2 amide bonds. The Kier molecular flexibility index (Phi) is 4.88. The number of hydrogen-bond acceptors (Lipinski definition) is 5. The fourth-order valence-electron chi connectivity index (χ4n) is 4.33. The molecular formula is C24H22N4O5. The maximum absolute atomic E-state index is 12.8. The fourth-order valence-corrected chi connectivity index (χ4v) is 4.33. The number of rotatable bonds is 6. The van der Waals surface area contributed by atoms with Crippen molar-refractivity contribution in [1.82, 2.24) is 15.1 Å². The fraction of sp³-hybridized carbons (Fsp3) is 0.250. The van der Waals surface area contributed by atoms with Crippen LogP contribution in [0.5, 0.6) is 0 Å². The molecule has 1 fully saturated rings. The Hall–Kier alpha value is -4.14. The molecule has 0 bridgehead atoms. The number of hydrogen-bond donors (Lipinski definition) is 3. The zero-order chi connectivity index (χ0) is 23.2. The topological polar surface area (TPSA) is 123 Å². The van der Waals surface area contributed by atoms with Gasteiger partial charge in [0.05, 0.1) is 0 Å². The Balaban J connectivity index is 1.25. The van der Waals surface area contributed by atoms with Crippen LogP contribution in [0.15, 0.2) is 54.7 Å². The number of aromatic carboxylic acids is 1. The number of amides is 2. The molecule has 0 radical (unpaired) electrons. The highest BCUT2D eigenvalue weighted by Gasteiger charge is 2.52. The van der Waals surface area contributed by atoms with Crippen molar-refractivity contribution in [2.75, 3.05) is 11.9 Å². The second kappa shape index (κ2) is 7.77. The SMILES string of the molecule is Cn1cc(C(=O)O)c(NC(=O)C2(NC(=O)OCC3c4ccccc4-c4ccccc43)CC2)n1. The van der Waals surface area contributed by atoms with E-state index in [0.29, 0.717) is 12.8 Å². The van der Waals surface area contributed by atoms with E-state index in [9.17, 15) is 19.5 Å². The van der Waals surface area contributed by atoms with Crippen LogP contribution in [0.3, 0.4) is 0 Å². The molecule has 1 aromatic heterocycles. The lowest BCUT2D eigenvalue weighted by atomic mass is 9.98. The molecule has 0 atom stereocenters. The van der Waals surface area contributed by atoms with E-state index in [1.54, 1.807) is 7.05 Å². The standard InChI is InChI=1S/C24H22N4O5/c1-28-12-18(21(29)30)20(27-28)25-22(31)24(10-11-24)26-23(32)33-13-19-16-8-4-2-6-14(16)15-7-3-5-9-17(15)19/h2-9,12,19H,10-11,13H2,1H3,(H,26,32)(H,29,30)(H,25,27,31). The van der Waals surface area contributed by atoms with Crippen LogP contribution in [-0.2, 0) is 16.6 Å². The summed E-state index contributed by atoms with van der Waals surface area (Å²) in [6, 6.07) is 16.1. The number of aryl methyl sites for hydroxylation is 1. The first-order valence-corrected chi connectivity index (χ1v) is 10.6. The maximum atomic E-state index is 12.8. The lowest BCUT2D eigenvalue weighted by molar-refractivity contribution is -0.119. The van der Waals surface area contributed by atoms with Gasteiger partial charge in [-0.3, -0.25) is 9.48 Å². The van der Waals surface area contributed by atoms with Crippen molar-refractivity contribution in [2.45, 2.75) is 24.3 Å². The summed E-state index contributed by atoms with van der Waals surface area (Å²) >= 11 is 0. The first-order chi connectivity index (χ1) is 15.9. The molecule has 2 aliphatic rings. The van der Waals surface area contributed by atoms with E-state index in [0.717, 1.165) is 22.3 Å². The van der Waals surface area contributed by atoms with Gasteiger partial charge in [0.2, 0.25) is 0 Å². The van der Waals surface area contributed by atoms with Crippen molar-refractivity contribution >= 4 is 23.8 Å². The summed E-state index contributed by atoms with van der Waals surface area (Å²) in [5, 5.41) is 18.4. The Morgan fingerprint density at radius 3 is 2.27 bits per heavy atom. The third-order valence-electron chi connectivity index (χ3n) is 6.16. The van der Waals surface area contributed by atoms with Gasteiger partial charge in [0, 0.05) is 19.2 Å². The van der Waals surface area contributed by atoms with E-state index in [1.165, 1.54) is 10.9 Å². The van der Waals surface area contributed by atoms with Crippen molar-refractivity contribution in [1.29, 1.82) is 0 Å². The smallest absolute Gasteiger partial charge is 0.408 e. The number of nitrogens with one attached hydrogen (secondary N) is 2. The molecule has 1 heterocycles. The predicted molar refractivity (Wildman–Crippen MR) is 119 cm³/mol. The summed E-state index contributed by atoms with van der Waals surface area (Å²) in [6.45, 7) is 0.140. The first kappa shape index (κ1) is 20.7. The van der Waals surface area contributed by atoms with E-state index in [2.05, 4.69) is 27.9 Å². The first-order valence-electron chi connectivity index (χ1n) is 10.6. The molecule has 1 saturated carbocycles. The van der Waals surface area contributed by atoms with E-state index < -0.39 is 23.5 Å². The van der Waals surface area contributed by atoms with Crippen molar-refractivity contribution in [3.63, 3.8) is 0 Å². The van der Waals surface area contributed by atoms with Crippen LogP contribution in [-0.4, -0.2) is 45.0 Å². The Morgan fingerprint density at radius 2 is 1.70 bits per heavy atom. The molecule has 2 aromatic carbocycles. The molecule has 3 aromatic rings. The molecule has 9 nitrogen and oxygen atoms in total. The van der Waals surface area contributed by atoms with Gasteiger partial charge in [0.1, 0.15) is 17.7 Å². The van der Waals surface area contributed by atoms with Crippen LogP contribution < -0.4 is 10.6 Å². The molecule has 33 heavy (non-hydrogen) atoms. The summed E-state index contributed by atoms with van der Waals surface area (Å²) in [5.74, 6) is -1.86. The number of anilines is 1. The molecule has 0 saturated heterocycles. The lowest BCUT2D eigenvalue weighted by Gasteiger charge is -2.18. The van der Waals surface area contributed by atoms with Gasteiger partial charge in [-0.25, -0.2) is 9.59 Å². The van der Waals surface area contributed by atoms with Crippen LogP contribution in [0.4, 0.5) is 10.6 Å². The summed E-state index contributed by atoms with van der Waals surface area (Å²) in [7, 11) is 1.56. The van der Waals surface area contributed by atoms with Crippen LogP contribution in [0.2, 0.25) is 0 Å². The molecule has 0 spiro atoms. The number of carbonyl (C=O) groups excluding carboxylic acids is 2. The molecule has 168 valence electrons. The number of carboxylic acid groups (broad SMARTS) is 1. The second-order valence-corrected chi connectivity index (χ2v) is 8.36. The van der Waals surface area contributed by atoms with Gasteiger partial charge in [-0.1, -0.05) is 48.5 Å². The van der Waals surface area contributed by atoms with Gasteiger partial charge in [-0.05, 0) is 35.1 Å². The van der Waals surface area contributed by atoms with Crippen LogP contribution >= 0.6 is 0 Å². The van der Waals surface area contributed by atoms with Gasteiger partial charge in [-0.2, -0.15) is 5.10 Å². The number of carbonyl (C=O) groups is 3. The molecule has 3 N–H and O–H groups in total. The Morgan fingerprint density at radius 1 is 1.09 bits per heavy atom. The van der Waals surface area contributed by atoms with E-state index in [1.807, 2.05) is 36.4 Å². The minimum atomic E-state index is -1.20. The lowest BCUT2D eigenvalue weighted by Crippen LogP contribution is -2.46. The van der Waals surface area contributed by atoms with Gasteiger partial charge in [-0.15, -0.1) is 0 Å². The molecule has 9 heteroatoms. The van der Waals surface area contributed by atoms with Crippen LogP contribution in [0.1, 0.15) is 40.2 Å².